The molecule has 3 aromatic heterocycles. The monoisotopic (exact) mass is 276 g/mol. The molecule has 0 unspecified atom stereocenters. The Bertz CT molecular complexity index is 943. The molecule has 0 bridgehead atoms. The molecule has 0 saturated heterocycles. The van der Waals surface area contributed by atoms with E-state index in [4.69, 9.17) is 0 Å². The lowest BCUT2D eigenvalue weighted by molar-refractivity contribution is 1.14. The van der Waals surface area contributed by atoms with Gasteiger partial charge in [-0.25, -0.2) is 9.97 Å². The average Bonchev–Trinajstić information content (AvgIpc) is 2.96. The van der Waals surface area contributed by atoms with Crippen LogP contribution in [0, 0.1) is 6.92 Å². The van der Waals surface area contributed by atoms with Crippen LogP contribution in [0.1, 0.15) is 5.69 Å². The standard InChI is InChI=1S/C15H12N6/c1-9-13-14(18-8-17-13)21-15(19-9)20-11-6-10-4-2-3-5-12(10)16-7-11/h2-8H,1H3,(H2,17,18,19,20,21). The molecule has 0 fully saturated rings. The summed E-state index contributed by atoms with van der Waals surface area (Å²) in [5.74, 6) is 0.518. The van der Waals surface area contributed by atoms with Gasteiger partial charge in [0.05, 0.1) is 29.4 Å². The number of aromatic amines is 1. The second-order valence-corrected chi connectivity index (χ2v) is 4.78. The van der Waals surface area contributed by atoms with Crippen molar-refractivity contribution in [3.05, 3.63) is 48.5 Å². The number of rotatable bonds is 2. The molecule has 4 rings (SSSR count). The van der Waals surface area contributed by atoms with Crippen molar-refractivity contribution in [2.75, 3.05) is 5.32 Å². The minimum atomic E-state index is 0.518. The van der Waals surface area contributed by atoms with Crippen LogP contribution in [0.5, 0.6) is 0 Å². The number of imidazole rings is 1. The zero-order chi connectivity index (χ0) is 14.2. The fraction of sp³-hybridized carbons (Fsp3) is 0.0667. The van der Waals surface area contributed by atoms with Crippen LogP contribution in [0.2, 0.25) is 0 Å². The van der Waals surface area contributed by atoms with Gasteiger partial charge in [0.15, 0.2) is 5.65 Å². The maximum Gasteiger partial charge on any atom is 0.229 e. The van der Waals surface area contributed by atoms with E-state index in [1.807, 2.05) is 37.3 Å². The van der Waals surface area contributed by atoms with Gasteiger partial charge in [0.2, 0.25) is 5.95 Å². The summed E-state index contributed by atoms with van der Waals surface area (Å²) in [6.07, 6.45) is 3.39. The predicted molar refractivity (Wildman–Crippen MR) is 81.4 cm³/mol. The van der Waals surface area contributed by atoms with Gasteiger partial charge >= 0.3 is 0 Å². The van der Waals surface area contributed by atoms with Gasteiger partial charge < -0.3 is 10.3 Å². The van der Waals surface area contributed by atoms with E-state index in [1.54, 1.807) is 12.5 Å². The van der Waals surface area contributed by atoms with E-state index in [0.717, 1.165) is 27.8 Å². The first-order valence-electron chi connectivity index (χ1n) is 6.59. The molecule has 0 amide bonds. The minimum Gasteiger partial charge on any atom is -0.342 e. The molecule has 2 N–H and O–H groups in total. The van der Waals surface area contributed by atoms with Crippen molar-refractivity contribution in [2.45, 2.75) is 6.92 Å². The van der Waals surface area contributed by atoms with Gasteiger partial charge in [-0.05, 0) is 19.1 Å². The summed E-state index contributed by atoms with van der Waals surface area (Å²) in [6, 6.07) is 9.99. The van der Waals surface area contributed by atoms with Crippen LogP contribution in [0.25, 0.3) is 22.1 Å². The summed E-state index contributed by atoms with van der Waals surface area (Å²) >= 11 is 0. The lowest BCUT2D eigenvalue weighted by Crippen LogP contribution is -2.00. The third kappa shape index (κ3) is 2.06. The van der Waals surface area contributed by atoms with E-state index in [-0.39, 0.29) is 0 Å². The van der Waals surface area contributed by atoms with Crippen LogP contribution in [0.4, 0.5) is 11.6 Å². The molecule has 6 heteroatoms. The molecule has 0 aliphatic carbocycles. The average molecular weight is 276 g/mol. The molecule has 102 valence electrons. The van der Waals surface area contributed by atoms with Crippen LogP contribution in [-0.4, -0.2) is 24.9 Å². The molecule has 0 radical (unpaired) electrons. The van der Waals surface area contributed by atoms with E-state index >= 15 is 0 Å². The highest BCUT2D eigenvalue weighted by Crippen LogP contribution is 2.20. The van der Waals surface area contributed by atoms with Crippen molar-refractivity contribution in [1.82, 2.24) is 24.9 Å². The SMILES string of the molecule is Cc1nc(Nc2cnc3ccccc3c2)nc2nc[nH]c12. The molecular weight excluding hydrogens is 264 g/mol. The van der Waals surface area contributed by atoms with Crippen molar-refractivity contribution < 1.29 is 0 Å². The summed E-state index contributed by atoms with van der Waals surface area (Å²) in [4.78, 5) is 20.4. The number of pyridine rings is 1. The second-order valence-electron chi connectivity index (χ2n) is 4.78. The molecular formula is C15H12N6. The molecule has 1 aromatic carbocycles. The maximum atomic E-state index is 4.43. The fourth-order valence-corrected chi connectivity index (χ4v) is 2.30. The van der Waals surface area contributed by atoms with Crippen LogP contribution in [-0.2, 0) is 0 Å². The number of para-hydroxylation sites is 1. The third-order valence-electron chi connectivity index (χ3n) is 3.31. The van der Waals surface area contributed by atoms with Crippen LogP contribution < -0.4 is 5.32 Å². The Morgan fingerprint density at radius 3 is 2.95 bits per heavy atom. The van der Waals surface area contributed by atoms with E-state index in [9.17, 15) is 0 Å². The lowest BCUT2D eigenvalue weighted by Gasteiger charge is -2.06. The molecule has 4 aromatic rings. The summed E-state index contributed by atoms with van der Waals surface area (Å²) in [7, 11) is 0. The van der Waals surface area contributed by atoms with Crippen molar-refractivity contribution in [3.8, 4) is 0 Å². The Kier molecular flexibility index (Phi) is 2.53. The number of hydrogen-bond acceptors (Lipinski definition) is 5. The topological polar surface area (TPSA) is 79.4 Å². The zero-order valence-corrected chi connectivity index (χ0v) is 11.3. The normalized spacial score (nSPS) is 11.1. The smallest absolute Gasteiger partial charge is 0.229 e. The first-order valence-corrected chi connectivity index (χ1v) is 6.59. The van der Waals surface area contributed by atoms with E-state index in [2.05, 4.69) is 30.2 Å². The number of aryl methyl sites for hydroxylation is 1. The highest BCUT2D eigenvalue weighted by atomic mass is 15.1. The highest BCUT2D eigenvalue weighted by molar-refractivity contribution is 5.82. The van der Waals surface area contributed by atoms with Gasteiger partial charge in [0, 0.05) is 5.39 Å². The van der Waals surface area contributed by atoms with Gasteiger partial charge in [-0.1, -0.05) is 18.2 Å². The van der Waals surface area contributed by atoms with Gasteiger partial charge in [0.1, 0.15) is 5.52 Å². The highest BCUT2D eigenvalue weighted by Gasteiger charge is 2.07. The Morgan fingerprint density at radius 2 is 2.00 bits per heavy atom. The number of nitrogens with zero attached hydrogens (tertiary/aromatic N) is 4. The fourth-order valence-electron chi connectivity index (χ4n) is 2.30. The summed E-state index contributed by atoms with van der Waals surface area (Å²) in [6.45, 7) is 1.92. The Hall–Kier alpha value is -3.02. The van der Waals surface area contributed by atoms with Crippen molar-refractivity contribution in [2.24, 2.45) is 0 Å². The largest absolute Gasteiger partial charge is 0.342 e. The quantitative estimate of drug-likeness (QED) is 0.588. The molecule has 0 aliphatic heterocycles. The number of aromatic nitrogens is 5. The molecule has 6 nitrogen and oxygen atoms in total. The summed E-state index contributed by atoms with van der Waals surface area (Å²) in [5, 5.41) is 4.25. The maximum absolute atomic E-state index is 4.43. The summed E-state index contributed by atoms with van der Waals surface area (Å²) < 4.78 is 0. The first kappa shape index (κ1) is 11.8. The first-order chi connectivity index (χ1) is 10.3. The number of nitrogens with one attached hydrogen (secondary N) is 2. The van der Waals surface area contributed by atoms with E-state index in [1.165, 1.54) is 0 Å². The number of H-pyrrole nitrogens is 1. The molecule has 21 heavy (non-hydrogen) atoms. The van der Waals surface area contributed by atoms with Crippen LogP contribution in [0.3, 0.4) is 0 Å². The van der Waals surface area contributed by atoms with Crippen molar-refractivity contribution in [3.63, 3.8) is 0 Å². The Labute approximate surface area is 120 Å². The number of hydrogen-bond donors (Lipinski definition) is 2. The molecule has 0 atom stereocenters. The van der Waals surface area contributed by atoms with E-state index < -0.39 is 0 Å². The van der Waals surface area contributed by atoms with Gasteiger partial charge in [-0.15, -0.1) is 0 Å². The van der Waals surface area contributed by atoms with E-state index in [0.29, 0.717) is 11.6 Å². The second kappa shape index (κ2) is 4.52. The molecule has 0 saturated carbocycles. The molecule has 0 spiro atoms. The third-order valence-corrected chi connectivity index (χ3v) is 3.31. The van der Waals surface area contributed by atoms with Gasteiger partial charge in [-0.3, -0.25) is 4.98 Å². The van der Waals surface area contributed by atoms with Crippen molar-refractivity contribution >= 4 is 33.7 Å². The van der Waals surface area contributed by atoms with Gasteiger partial charge in [-0.2, -0.15) is 4.98 Å². The number of fused-ring (bicyclic) bond motifs is 2. The predicted octanol–water partition coefficient (Wildman–Crippen LogP) is 2.95. The Balaban J connectivity index is 1.75. The number of anilines is 2. The lowest BCUT2D eigenvalue weighted by atomic mass is 10.2. The van der Waals surface area contributed by atoms with Crippen LogP contribution in [0.15, 0.2) is 42.9 Å². The zero-order valence-electron chi connectivity index (χ0n) is 11.3. The Morgan fingerprint density at radius 1 is 1.10 bits per heavy atom. The van der Waals surface area contributed by atoms with Gasteiger partial charge in [0.25, 0.3) is 0 Å². The molecule has 0 aliphatic rings. The van der Waals surface area contributed by atoms with Crippen LogP contribution >= 0.6 is 0 Å². The minimum absolute atomic E-state index is 0.518. The molecule has 3 heterocycles. The van der Waals surface area contributed by atoms with Crippen molar-refractivity contribution in [1.29, 1.82) is 0 Å². The summed E-state index contributed by atoms with van der Waals surface area (Å²) in [5.41, 5.74) is 4.18. The number of benzene rings is 1.